The highest BCUT2D eigenvalue weighted by atomic mass is 32.2. The molecule has 5 heteroatoms. The van der Waals surface area contributed by atoms with Gasteiger partial charge in [-0.1, -0.05) is 6.07 Å². The lowest BCUT2D eigenvalue weighted by Crippen LogP contribution is -1.86. The normalized spacial score (nSPS) is 10.6. The molecule has 2 rings (SSSR count). The van der Waals surface area contributed by atoms with Gasteiger partial charge in [-0.25, -0.2) is 0 Å². The van der Waals surface area contributed by atoms with Gasteiger partial charge in [0, 0.05) is 10.6 Å². The summed E-state index contributed by atoms with van der Waals surface area (Å²) in [6.07, 6.45) is 3.02. The van der Waals surface area contributed by atoms with E-state index in [0.717, 1.165) is 17.2 Å². The zero-order valence-corrected chi connectivity index (χ0v) is 10.00. The Kier molecular flexibility index (Phi) is 3.97. The minimum atomic E-state index is 0.988. The molecule has 0 fully saturated rings. The average Bonchev–Trinajstić information content (AvgIpc) is 2.86. The fourth-order valence-corrected chi connectivity index (χ4v) is 3.26. The molecule has 0 aliphatic carbocycles. The maximum absolute atomic E-state index is 4.16. The first-order chi connectivity index (χ1) is 6.95. The van der Waals surface area contributed by atoms with Crippen molar-refractivity contribution in [3.8, 4) is 0 Å². The summed E-state index contributed by atoms with van der Waals surface area (Å²) in [6.45, 7) is 0. The number of rotatable bonds is 5. The van der Waals surface area contributed by atoms with E-state index in [2.05, 4.69) is 26.3 Å². The minimum absolute atomic E-state index is 0.988. The Labute approximate surface area is 95.7 Å². The van der Waals surface area contributed by atoms with Crippen molar-refractivity contribution < 1.29 is 0 Å². The zero-order valence-electron chi connectivity index (χ0n) is 7.55. The van der Waals surface area contributed by atoms with Crippen molar-refractivity contribution in [3.05, 3.63) is 34.3 Å². The number of thiophene rings is 1. The summed E-state index contributed by atoms with van der Waals surface area (Å²) in [6, 6.07) is 4.30. The van der Waals surface area contributed by atoms with Crippen LogP contribution in [0.4, 0.5) is 0 Å². The van der Waals surface area contributed by atoms with Gasteiger partial charge in [-0.15, -0.1) is 11.3 Å². The smallest absolute Gasteiger partial charge is 0.0841 e. The summed E-state index contributed by atoms with van der Waals surface area (Å²) >= 11 is 5.04. The topological polar surface area (TPSA) is 25.8 Å². The van der Waals surface area contributed by atoms with E-state index in [1.54, 1.807) is 0 Å². The average molecular weight is 242 g/mol. The molecule has 0 N–H and O–H groups in total. The van der Waals surface area contributed by atoms with Gasteiger partial charge in [0.25, 0.3) is 0 Å². The van der Waals surface area contributed by atoms with Crippen molar-refractivity contribution in [1.29, 1.82) is 0 Å². The summed E-state index contributed by atoms with van der Waals surface area (Å²) in [5.41, 5.74) is 1.10. The van der Waals surface area contributed by atoms with Crippen molar-refractivity contribution >= 4 is 34.8 Å². The van der Waals surface area contributed by atoms with Gasteiger partial charge in [-0.3, -0.25) is 0 Å². The van der Waals surface area contributed by atoms with Gasteiger partial charge in [0.15, 0.2) is 0 Å². The maximum Gasteiger partial charge on any atom is 0.0841 e. The van der Waals surface area contributed by atoms with Gasteiger partial charge >= 0.3 is 0 Å². The van der Waals surface area contributed by atoms with Gasteiger partial charge in [0.05, 0.1) is 23.6 Å². The Hall–Kier alpha value is -0.390. The molecule has 0 atom stereocenters. The predicted molar refractivity (Wildman–Crippen MR) is 64.1 cm³/mol. The maximum atomic E-state index is 4.16. The Morgan fingerprint density at radius 2 is 2.43 bits per heavy atom. The number of aromatic nitrogens is 2. The van der Waals surface area contributed by atoms with Crippen LogP contribution in [0.2, 0.25) is 0 Å². The molecule has 0 aromatic carbocycles. The third-order valence-electron chi connectivity index (χ3n) is 1.73. The molecule has 74 valence electrons. The predicted octanol–water partition coefficient (Wildman–Crippen LogP) is 3.08. The van der Waals surface area contributed by atoms with Crippen molar-refractivity contribution in [2.24, 2.45) is 0 Å². The van der Waals surface area contributed by atoms with E-state index in [-0.39, 0.29) is 0 Å². The molecule has 0 aliphatic heterocycles. The van der Waals surface area contributed by atoms with Crippen LogP contribution >= 0.6 is 34.8 Å². The third-order valence-corrected chi connectivity index (χ3v) is 4.17. The molecule has 0 radical (unpaired) electrons. The Bertz CT molecular complexity index is 306. The number of hydrogen-bond acceptors (Lipinski definition) is 5. The second-order valence-electron chi connectivity index (χ2n) is 2.78. The summed E-state index contributed by atoms with van der Waals surface area (Å²) in [5, 5.41) is 2.13. The van der Waals surface area contributed by atoms with Gasteiger partial charge in [0.1, 0.15) is 0 Å². The lowest BCUT2D eigenvalue weighted by Gasteiger charge is -1.96. The van der Waals surface area contributed by atoms with Crippen LogP contribution in [-0.2, 0) is 12.2 Å². The van der Waals surface area contributed by atoms with Crippen LogP contribution in [0.15, 0.2) is 23.7 Å². The van der Waals surface area contributed by atoms with Crippen LogP contribution in [0, 0.1) is 0 Å². The van der Waals surface area contributed by atoms with Crippen LogP contribution in [0.25, 0.3) is 0 Å². The van der Waals surface area contributed by atoms with E-state index >= 15 is 0 Å². The highest BCUT2D eigenvalue weighted by Crippen LogP contribution is 2.15. The number of nitrogens with zero attached hydrogens (tertiary/aromatic N) is 2. The van der Waals surface area contributed by atoms with E-state index in [1.807, 2.05) is 29.3 Å². The minimum Gasteiger partial charge on any atom is -0.181 e. The van der Waals surface area contributed by atoms with E-state index in [4.69, 9.17) is 0 Å². The summed E-state index contributed by atoms with van der Waals surface area (Å²) in [4.78, 5) is 1.47. The van der Waals surface area contributed by atoms with Crippen molar-refractivity contribution in [2.75, 3.05) is 5.75 Å². The van der Waals surface area contributed by atoms with E-state index in [9.17, 15) is 0 Å². The van der Waals surface area contributed by atoms with Crippen LogP contribution < -0.4 is 0 Å². The van der Waals surface area contributed by atoms with Crippen LogP contribution in [0.1, 0.15) is 10.6 Å². The van der Waals surface area contributed by atoms with Crippen molar-refractivity contribution in [2.45, 2.75) is 12.2 Å². The van der Waals surface area contributed by atoms with Crippen molar-refractivity contribution in [3.63, 3.8) is 0 Å². The highest BCUT2D eigenvalue weighted by molar-refractivity contribution is 7.98. The SMILES string of the molecule is c1csc(CCSCc2cnsn2)c1. The molecule has 2 aromatic rings. The van der Waals surface area contributed by atoms with Gasteiger partial charge in [-0.2, -0.15) is 20.5 Å². The summed E-state index contributed by atoms with van der Waals surface area (Å²) < 4.78 is 8.13. The largest absolute Gasteiger partial charge is 0.181 e. The monoisotopic (exact) mass is 242 g/mol. The molecule has 0 saturated heterocycles. The molecule has 2 nitrogen and oxygen atoms in total. The second kappa shape index (κ2) is 5.48. The van der Waals surface area contributed by atoms with Gasteiger partial charge in [0.2, 0.25) is 0 Å². The fraction of sp³-hybridized carbons (Fsp3) is 0.333. The summed E-state index contributed by atoms with van der Waals surface area (Å²) in [5.74, 6) is 2.15. The first-order valence-electron chi connectivity index (χ1n) is 4.32. The highest BCUT2D eigenvalue weighted by Gasteiger charge is 1.97. The molecule has 0 saturated carbocycles. The van der Waals surface area contributed by atoms with Crippen LogP contribution in [0.3, 0.4) is 0 Å². The first-order valence-corrected chi connectivity index (χ1v) is 7.08. The molecular weight excluding hydrogens is 232 g/mol. The molecule has 0 spiro atoms. The van der Waals surface area contributed by atoms with E-state index < -0.39 is 0 Å². The standard InChI is InChI=1S/C9H10N2S3/c1-2-9(13-4-1)3-5-12-7-8-6-10-14-11-8/h1-2,4,6H,3,5,7H2. The molecule has 2 heterocycles. The Balaban J connectivity index is 1.65. The second-order valence-corrected chi connectivity index (χ2v) is 5.47. The van der Waals surface area contributed by atoms with Crippen LogP contribution in [-0.4, -0.2) is 14.5 Å². The van der Waals surface area contributed by atoms with E-state index in [1.165, 1.54) is 23.0 Å². The summed E-state index contributed by atoms with van der Waals surface area (Å²) in [7, 11) is 0. The molecule has 0 amide bonds. The van der Waals surface area contributed by atoms with E-state index in [0.29, 0.717) is 0 Å². The molecule has 0 unspecified atom stereocenters. The zero-order chi connectivity index (χ0) is 9.64. The quantitative estimate of drug-likeness (QED) is 0.754. The molecular formula is C9H10N2S3. The molecule has 0 bridgehead atoms. The third kappa shape index (κ3) is 3.08. The lowest BCUT2D eigenvalue weighted by atomic mass is 10.4. The number of aryl methyl sites for hydroxylation is 1. The number of hydrogen-bond donors (Lipinski definition) is 0. The Morgan fingerprint density at radius 1 is 1.43 bits per heavy atom. The van der Waals surface area contributed by atoms with Gasteiger partial charge in [-0.05, 0) is 23.6 Å². The van der Waals surface area contributed by atoms with Crippen LogP contribution in [0.5, 0.6) is 0 Å². The molecule has 14 heavy (non-hydrogen) atoms. The first kappa shape index (κ1) is 10.1. The molecule has 0 aliphatic rings. The van der Waals surface area contributed by atoms with Gasteiger partial charge < -0.3 is 0 Å². The molecule has 2 aromatic heterocycles. The van der Waals surface area contributed by atoms with Crippen molar-refractivity contribution in [1.82, 2.24) is 8.75 Å². The lowest BCUT2D eigenvalue weighted by molar-refractivity contribution is 1.19. The fourth-order valence-electron chi connectivity index (χ4n) is 1.05. The Morgan fingerprint density at radius 3 is 3.14 bits per heavy atom. The number of thioether (sulfide) groups is 1.